The molecule has 0 atom stereocenters. The van der Waals surface area contributed by atoms with Crippen molar-refractivity contribution in [1.82, 2.24) is 17.6 Å². The van der Waals surface area contributed by atoms with Crippen LogP contribution in [-0.2, 0) is 0 Å². The monoisotopic (exact) mass is 720 g/mol. The molecule has 4 nitrogen and oxygen atoms in total. The molecule has 0 unspecified atom stereocenters. The van der Waals surface area contributed by atoms with Gasteiger partial charge >= 0.3 is 0 Å². The van der Waals surface area contributed by atoms with Gasteiger partial charge in [0.25, 0.3) is 0 Å². The first kappa shape index (κ1) is 27.1. The van der Waals surface area contributed by atoms with Crippen molar-refractivity contribution in [3.8, 4) is 0 Å². The van der Waals surface area contributed by atoms with Crippen molar-refractivity contribution >= 4 is 151 Å². The maximum absolute atomic E-state index is 2.56. The largest absolute Gasteiger partial charge is 0.306 e. The SMILES string of the molecule is c1ccc2c(c1)sc1cccc3c4cc5c(cc4n2c13)c1cccc2c1n5c1cccc3c4cc5c(cc4n2c31)c1cccc2sc3ccccc3n5c21. The molecule has 0 saturated heterocycles. The Bertz CT molecular complexity index is 3920. The van der Waals surface area contributed by atoms with E-state index in [1.54, 1.807) is 0 Å². The first-order chi connectivity index (χ1) is 26.8. The maximum Gasteiger partial charge on any atom is 0.0783 e. The Morgan fingerprint density at radius 3 is 0.981 bits per heavy atom. The second-order valence-electron chi connectivity index (χ2n) is 14.9. The number of aromatic nitrogens is 4. The lowest BCUT2D eigenvalue weighted by molar-refractivity contribution is 1.26. The molecule has 0 aliphatic rings. The van der Waals surface area contributed by atoms with Gasteiger partial charge in [0.15, 0.2) is 0 Å². The van der Waals surface area contributed by atoms with E-state index in [2.05, 4.69) is 163 Å². The summed E-state index contributed by atoms with van der Waals surface area (Å²) in [6.45, 7) is 0. The van der Waals surface area contributed by atoms with Gasteiger partial charge in [-0.2, -0.15) is 0 Å². The minimum Gasteiger partial charge on any atom is -0.306 e. The summed E-state index contributed by atoms with van der Waals surface area (Å²) >= 11 is 3.76. The first-order valence-corrected chi connectivity index (χ1v) is 20.1. The Hall–Kier alpha value is -6.60. The third kappa shape index (κ3) is 2.91. The molecule has 0 N–H and O–H groups in total. The van der Waals surface area contributed by atoms with Crippen LogP contribution in [0, 0.1) is 0 Å². The van der Waals surface area contributed by atoms with Gasteiger partial charge in [0.2, 0.25) is 0 Å². The van der Waals surface area contributed by atoms with Gasteiger partial charge in [0.1, 0.15) is 0 Å². The van der Waals surface area contributed by atoms with Crippen LogP contribution in [0.15, 0.2) is 146 Å². The topological polar surface area (TPSA) is 17.6 Å². The van der Waals surface area contributed by atoms with Crippen LogP contribution >= 0.6 is 22.7 Å². The van der Waals surface area contributed by atoms with Crippen molar-refractivity contribution in [3.63, 3.8) is 0 Å². The van der Waals surface area contributed by atoms with Crippen LogP contribution in [0.2, 0.25) is 0 Å². The van der Waals surface area contributed by atoms with Gasteiger partial charge < -0.3 is 17.6 Å². The molecule has 15 rings (SSSR count). The van der Waals surface area contributed by atoms with Gasteiger partial charge in [-0.1, -0.05) is 72.8 Å². The third-order valence-corrected chi connectivity index (χ3v) is 14.6. The minimum absolute atomic E-state index is 1.24. The standard InChI is InChI=1S/C48H24N4S2/c1-3-17-41-33(13-1)49-37-21-29-25-9-5-15-35-45(25)51(39(29)23-31(37)27-11-7-19-43(53-41)47(27)49)36-16-6-10-26-30-22-38-32(24-40(30)52(35)46(26)36)28-12-8-20-44-48(28)50(38)34-14-2-4-18-42(34)54-44/h1-24H. The highest BCUT2D eigenvalue weighted by atomic mass is 32.1. The van der Waals surface area contributed by atoms with Crippen LogP contribution in [0.3, 0.4) is 0 Å². The zero-order valence-electron chi connectivity index (χ0n) is 28.5. The van der Waals surface area contributed by atoms with Gasteiger partial charge in [0, 0.05) is 43.1 Å². The summed E-state index contributed by atoms with van der Waals surface area (Å²) in [7, 11) is 0. The van der Waals surface area contributed by atoms with Crippen molar-refractivity contribution in [2.24, 2.45) is 0 Å². The fourth-order valence-corrected chi connectivity index (χ4v) is 12.6. The van der Waals surface area contributed by atoms with Crippen molar-refractivity contribution in [2.75, 3.05) is 0 Å². The van der Waals surface area contributed by atoms with Crippen LogP contribution in [-0.4, -0.2) is 17.6 Å². The first-order valence-electron chi connectivity index (χ1n) is 18.4. The summed E-state index contributed by atoms with van der Waals surface area (Å²) in [5.74, 6) is 0. The summed E-state index contributed by atoms with van der Waals surface area (Å²) in [6, 6.07) is 55.0. The summed E-state index contributed by atoms with van der Waals surface area (Å²) in [5, 5.41) is 10.4. The van der Waals surface area contributed by atoms with E-state index < -0.39 is 0 Å². The van der Waals surface area contributed by atoms with E-state index in [1.807, 2.05) is 22.7 Å². The molecule has 0 fully saturated rings. The Kier molecular flexibility index (Phi) is 4.48. The smallest absolute Gasteiger partial charge is 0.0783 e. The molecule has 54 heavy (non-hydrogen) atoms. The molecule has 0 bridgehead atoms. The molecule has 0 radical (unpaired) electrons. The Morgan fingerprint density at radius 1 is 0.241 bits per heavy atom. The molecule has 0 amide bonds. The average Bonchev–Trinajstić information content (AvgIpc) is 3.93. The van der Waals surface area contributed by atoms with E-state index >= 15 is 0 Å². The summed E-state index contributed by atoms with van der Waals surface area (Å²) in [6.07, 6.45) is 0. The van der Waals surface area contributed by atoms with Gasteiger partial charge in [-0.3, -0.25) is 0 Å². The Balaban J connectivity index is 1.16. The summed E-state index contributed by atoms with van der Waals surface area (Å²) in [5.41, 5.74) is 15.2. The molecule has 15 aromatic rings. The second-order valence-corrected chi connectivity index (χ2v) is 17.1. The van der Waals surface area contributed by atoms with E-state index in [4.69, 9.17) is 0 Å². The van der Waals surface area contributed by atoms with Crippen molar-refractivity contribution in [2.45, 2.75) is 0 Å². The van der Waals surface area contributed by atoms with Gasteiger partial charge in [-0.05, 0) is 72.8 Å². The zero-order valence-corrected chi connectivity index (χ0v) is 30.1. The van der Waals surface area contributed by atoms with Gasteiger partial charge in [-0.15, -0.1) is 22.7 Å². The van der Waals surface area contributed by atoms with Crippen LogP contribution in [0.1, 0.15) is 0 Å². The Labute approximate surface area is 312 Å². The summed E-state index contributed by atoms with van der Waals surface area (Å²) in [4.78, 5) is 0. The molecule has 7 aromatic heterocycles. The quantitative estimate of drug-likeness (QED) is 0.139. The van der Waals surface area contributed by atoms with Crippen LogP contribution in [0.4, 0.5) is 0 Å². The van der Waals surface area contributed by atoms with E-state index in [0.717, 1.165) is 0 Å². The number of hydrogen-bond donors (Lipinski definition) is 0. The molecule has 0 aliphatic heterocycles. The van der Waals surface area contributed by atoms with Crippen molar-refractivity contribution in [3.05, 3.63) is 146 Å². The number of nitrogens with zero attached hydrogens (tertiary/aromatic N) is 4. The lowest BCUT2D eigenvalue weighted by Crippen LogP contribution is -1.96. The molecule has 0 saturated carbocycles. The molecule has 248 valence electrons. The highest BCUT2D eigenvalue weighted by Gasteiger charge is 2.24. The highest BCUT2D eigenvalue weighted by Crippen LogP contribution is 2.46. The van der Waals surface area contributed by atoms with Gasteiger partial charge in [-0.25, -0.2) is 0 Å². The number of fused-ring (bicyclic) bond motifs is 18. The lowest BCUT2D eigenvalue weighted by Gasteiger charge is -2.11. The van der Waals surface area contributed by atoms with Crippen molar-refractivity contribution in [1.29, 1.82) is 0 Å². The number of hydrogen-bond acceptors (Lipinski definition) is 2. The molecule has 8 aromatic carbocycles. The fraction of sp³-hybridized carbons (Fsp3) is 0. The molecular formula is C48H24N4S2. The molecule has 0 aliphatic carbocycles. The predicted octanol–water partition coefficient (Wildman–Crippen LogP) is 13.8. The Morgan fingerprint density at radius 2 is 0.556 bits per heavy atom. The number of para-hydroxylation sites is 6. The molecule has 7 heterocycles. The molecule has 0 spiro atoms. The average molecular weight is 721 g/mol. The van der Waals surface area contributed by atoms with E-state index in [1.165, 1.54) is 128 Å². The van der Waals surface area contributed by atoms with E-state index in [0.29, 0.717) is 0 Å². The minimum atomic E-state index is 1.24. The fourth-order valence-electron chi connectivity index (χ4n) is 10.4. The molecular weight excluding hydrogens is 697 g/mol. The van der Waals surface area contributed by atoms with Crippen LogP contribution in [0.5, 0.6) is 0 Å². The maximum atomic E-state index is 2.56. The zero-order chi connectivity index (χ0) is 34.6. The summed E-state index contributed by atoms with van der Waals surface area (Å²) < 4.78 is 15.4. The van der Waals surface area contributed by atoms with E-state index in [-0.39, 0.29) is 0 Å². The normalized spacial score (nSPS) is 13.2. The van der Waals surface area contributed by atoms with Crippen LogP contribution < -0.4 is 0 Å². The highest BCUT2D eigenvalue weighted by molar-refractivity contribution is 7.25. The third-order valence-electron chi connectivity index (χ3n) is 12.4. The van der Waals surface area contributed by atoms with Crippen LogP contribution in [0.25, 0.3) is 128 Å². The number of rotatable bonds is 0. The number of benzene rings is 8. The van der Waals surface area contributed by atoms with Gasteiger partial charge in [0.05, 0.1) is 85.0 Å². The van der Waals surface area contributed by atoms with Crippen molar-refractivity contribution < 1.29 is 0 Å². The second kappa shape index (κ2) is 8.95. The lowest BCUT2D eigenvalue weighted by atomic mass is 10.1. The molecule has 6 heteroatoms. The predicted molar refractivity (Wildman–Crippen MR) is 232 cm³/mol. The van der Waals surface area contributed by atoms with E-state index in [9.17, 15) is 0 Å².